The van der Waals surface area contributed by atoms with Gasteiger partial charge in [-0.2, -0.15) is 0 Å². The van der Waals surface area contributed by atoms with Gasteiger partial charge in [0.25, 0.3) is 0 Å². The molecule has 1 aromatic carbocycles. The van der Waals surface area contributed by atoms with Crippen molar-refractivity contribution >= 4 is 5.57 Å². The average molecular weight is 151 g/mol. The van der Waals surface area contributed by atoms with E-state index in [0.717, 1.165) is 11.1 Å². The molecule has 0 heterocycles. The van der Waals surface area contributed by atoms with E-state index in [1.807, 2.05) is 13.0 Å². The maximum absolute atomic E-state index is 12.6. The van der Waals surface area contributed by atoms with Crippen molar-refractivity contribution in [3.05, 3.63) is 41.8 Å². The Bertz CT molecular complexity index is 279. The van der Waals surface area contributed by atoms with Crippen LogP contribution in [0.5, 0.6) is 0 Å². The zero-order chi connectivity index (χ0) is 8.27. The molecule has 0 aliphatic rings. The Kier molecular flexibility index (Phi) is 2.26. The van der Waals surface area contributed by atoms with Crippen LogP contribution in [0.1, 0.15) is 12.5 Å². The van der Waals surface area contributed by atoms with E-state index in [0.29, 0.717) is 0 Å². The number of halogens is 1. The van der Waals surface area contributed by atoms with Gasteiger partial charge in [0.05, 0.1) is 0 Å². The number of benzene rings is 1. The van der Waals surface area contributed by atoms with Crippen LogP contribution in [0.15, 0.2) is 30.5 Å². The molecule has 0 amide bonds. The summed E-state index contributed by atoms with van der Waals surface area (Å²) in [4.78, 5) is 0. The molecule has 0 unspecified atom stereocenters. The molecule has 2 N–H and O–H groups in total. The van der Waals surface area contributed by atoms with Gasteiger partial charge in [0, 0.05) is 0 Å². The molecule has 0 aliphatic carbocycles. The summed E-state index contributed by atoms with van der Waals surface area (Å²) in [6, 6.07) is 6.35. The molecule has 58 valence electrons. The van der Waals surface area contributed by atoms with Crippen molar-refractivity contribution in [2.45, 2.75) is 6.92 Å². The van der Waals surface area contributed by atoms with E-state index in [1.54, 1.807) is 6.07 Å². The highest BCUT2D eigenvalue weighted by Gasteiger charge is 1.94. The molecule has 0 saturated carbocycles. The van der Waals surface area contributed by atoms with Gasteiger partial charge in [-0.3, -0.25) is 0 Å². The van der Waals surface area contributed by atoms with Gasteiger partial charge in [0.1, 0.15) is 5.82 Å². The zero-order valence-electron chi connectivity index (χ0n) is 6.34. The quantitative estimate of drug-likeness (QED) is 0.653. The van der Waals surface area contributed by atoms with E-state index in [2.05, 4.69) is 0 Å². The fourth-order valence-corrected chi connectivity index (χ4v) is 0.830. The Morgan fingerprint density at radius 1 is 1.55 bits per heavy atom. The molecule has 1 rings (SSSR count). The van der Waals surface area contributed by atoms with E-state index >= 15 is 0 Å². The summed E-state index contributed by atoms with van der Waals surface area (Å²) < 4.78 is 12.6. The normalized spacial score (nSPS) is 11.6. The predicted octanol–water partition coefficient (Wildman–Crippen LogP) is 2.15. The highest BCUT2D eigenvalue weighted by atomic mass is 19.1. The van der Waals surface area contributed by atoms with Crippen LogP contribution in [0, 0.1) is 5.82 Å². The second kappa shape index (κ2) is 3.19. The van der Waals surface area contributed by atoms with Crippen LogP contribution in [-0.4, -0.2) is 0 Å². The van der Waals surface area contributed by atoms with Crippen LogP contribution >= 0.6 is 0 Å². The van der Waals surface area contributed by atoms with Crippen molar-refractivity contribution in [3.63, 3.8) is 0 Å². The molecule has 2 heteroatoms. The molecule has 0 bridgehead atoms. The fourth-order valence-electron chi connectivity index (χ4n) is 0.830. The molecule has 0 aromatic heterocycles. The monoisotopic (exact) mass is 151 g/mol. The molecule has 0 fully saturated rings. The van der Waals surface area contributed by atoms with Gasteiger partial charge in [0.2, 0.25) is 0 Å². The van der Waals surface area contributed by atoms with Crippen molar-refractivity contribution in [2.24, 2.45) is 5.73 Å². The number of hydrogen-bond donors (Lipinski definition) is 1. The van der Waals surface area contributed by atoms with E-state index in [4.69, 9.17) is 5.73 Å². The van der Waals surface area contributed by atoms with Gasteiger partial charge in [-0.25, -0.2) is 4.39 Å². The molecule has 1 nitrogen and oxygen atoms in total. The first-order valence-electron chi connectivity index (χ1n) is 3.38. The summed E-state index contributed by atoms with van der Waals surface area (Å²) in [5, 5.41) is 0. The van der Waals surface area contributed by atoms with Crippen LogP contribution in [0.3, 0.4) is 0 Å². The molecule has 1 aromatic rings. The molecule has 0 radical (unpaired) electrons. The SMILES string of the molecule is C/C(=C\N)c1cccc(F)c1. The summed E-state index contributed by atoms with van der Waals surface area (Å²) >= 11 is 0. The van der Waals surface area contributed by atoms with Crippen molar-refractivity contribution in [1.29, 1.82) is 0 Å². The maximum atomic E-state index is 12.6. The topological polar surface area (TPSA) is 26.0 Å². The Labute approximate surface area is 65.3 Å². The third kappa shape index (κ3) is 1.80. The second-order valence-corrected chi connectivity index (χ2v) is 2.36. The largest absolute Gasteiger partial charge is 0.404 e. The standard InChI is InChI=1S/C9H10FN/c1-7(6-11)8-3-2-4-9(10)5-8/h2-6H,11H2,1H3/b7-6+. The lowest BCUT2D eigenvalue weighted by Crippen LogP contribution is -1.85. The van der Waals surface area contributed by atoms with E-state index in [9.17, 15) is 4.39 Å². The van der Waals surface area contributed by atoms with Gasteiger partial charge in [-0.15, -0.1) is 0 Å². The van der Waals surface area contributed by atoms with Crippen LogP contribution in [0.4, 0.5) is 4.39 Å². The van der Waals surface area contributed by atoms with E-state index in [1.165, 1.54) is 18.3 Å². The molecular weight excluding hydrogens is 141 g/mol. The summed E-state index contributed by atoms with van der Waals surface area (Å²) in [6.45, 7) is 1.84. The molecule has 0 atom stereocenters. The number of nitrogens with two attached hydrogens (primary N) is 1. The highest BCUT2D eigenvalue weighted by Crippen LogP contribution is 2.12. The third-order valence-electron chi connectivity index (χ3n) is 1.53. The zero-order valence-corrected chi connectivity index (χ0v) is 6.34. The Morgan fingerprint density at radius 3 is 2.82 bits per heavy atom. The van der Waals surface area contributed by atoms with Crippen molar-refractivity contribution in [2.75, 3.05) is 0 Å². The lowest BCUT2D eigenvalue weighted by molar-refractivity contribution is 0.627. The van der Waals surface area contributed by atoms with Crippen molar-refractivity contribution in [1.82, 2.24) is 0 Å². The Morgan fingerprint density at radius 2 is 2.27 bits per heavy atom. The third-order valence-corrected chi connectivity index (χ3v) is 1.53. The average Bonchev–Trinajstić information content (AvgIpc) is 2.03. The number of hydrogen-bond acceptors (Lipinski definition) is 1. The van der Waals surface area contributed by atoms with E-state index < -0.39 is 0 Å². The molecule has 0 aliphatic heterocycles. The van der Waals surface area contributed by atoms with Crippen LogP contribution in [0.2, 0.25) is 0 Å². The maximum Gasteiger partial charge on any atom is 0.123 e. The smallest absolute Gasteiger partial charge is 0.123 e. The first-order valence-corrected chi connectivity index (χ1v) is 3.38. The lowest BCUT2D eigenvalue weighted by Gasteiger charge is -1.98. The molecule has 0 spiro atoms. The summed E-state index contributed by atoms with van der Waals surface area (Å²) in [7, 11) is 0. The molecular formula is C9H10FN. The number of rotatable bonds is 1. The van der Waals surface area contributed by atoms with Crippen LogP contribution in [0.25, 0.3) is 5.57 Å². The summed E-state index contributed by atoms with van der Waals surface area (Å²) in [6.07, 6.45) is 1.47. The first-order chi connectivity index (χ1) is 5.24. The Balaban J connectivity index is 3.06. The summed E-state index contributed by atoms with van der Waals surface area (Å²) in [5.74, 6) is -0.233. The van der Waals surface area contributed by atoms with E-state index in [-0.39, 0.29) is 5.82 Å². The predicted molar refractivity (Wildman–Crippen MR) is 44.2 cm³/mol. The van der Waals surface area contributed by atoms with Crippen molar-refractivity contribution in [3.8, 4) is 0 Å². The van der Waals surface area contributed by atoms with Gasteiger partial charge in [-0.1, -0.05) is 12.1 Å². The van der Waals surface area contributed by atoms with Crippen LogP contribution < -0.4 is 5.73 Å². The highest BCUT2D eigenvalue weighted by molar-refractivity contribution is 5.62. The van der Waals surface area contributed by atoms with Gasteiger partial charge < -0.3 is 5.73 Å². The Hall–Kier alpha value is -1.31. The fraction of sp³-hybridized carbons (Fsp3) is 0.111. The minimum Gasteiger partial charge on any atom is -0.404 e. The second-order valence-electron chi connectivity index (χ2n) is 2.36. The minimum atomic E-state index is -0.233. The molecule has 11 heavy (non-hydrogen) atoms. The van der Waals surface area contributed by atoms with Crippen molar-refractivity contribution < 1.29 is 4.39 Å². The van der Waals surface area contributed by atoms with Crippen LogP contribution in [-0.2, 0) is 0 Å². The number of allylic oxidation sites excluding steroid dienone is 1. The minimum absolute atomic E-state index is 0.233. The van der Waals surface area contributed by atoms with Gasteiger partial charge in [-0.05, 0) is 36.4 Å². The molecule has 0 saturated heterocycles. The van der Waals surface area contributed by atoms with Gasteiger partial charge in [0.15, 0.2) is 0 Å². The lowest BCUT2D eigenvalue weighted by atomic mass is 10.1. The summed E-state index contributed by atoms with van der Waals surface area (Å²) in [5.41, 5.74) is 6.98. The first kappa shape index (κ1) is 7.79. The van der Waals surface area contributed by atoms with Gasteiger partial charge >= 0.3 is 0 Å².